The standard InChI is InChI=1S/C22H26N2O2.ClH/c1-26-22-12-5-2-8-17(22)13-15-23-14-7-6-11-21(25)19-16-24-20-10-4-3-9-18(19)20;/h2-5,8-10,12,16,23-24H,6-7,11,13-15H2,1H3;1H. The van der Waals surface area contributed by atoms with E-state index >= 15 is 0 Å². The number of aromatic amines is 1. The Bertz CT molecular complexity index is 860. The second-order valence-electron chi connectivity index (χ2n) is 6.44. The van der Waals surface area contributed by atoms with E-state index in [1.807, 2.05) is 48.7 Å². The number of carbonyl (C=O) groups excluding carboxylic acids is 1. The molecule has 3 aromatic rings. The third-order valence-electron chi connectivity index (χ3n) is 4.66. The number of hydrogen-bond donors (Lipinski definition) is 2. The topological polar surface area (TPSA) is 54.1 Å². The van der Waals surface area contributed by atoms with Gasteiger partial charge in [-0.2, -0.15) is 0 Å². The van der Waals surface area contributed by atoms with E-state index in [-0.39, 0.29) is 18.2 Å². The number of benzene rings is 2. The van der Waals surface area contributed by atoms with Crippen LogP contribution in [0.1, 0.15) is 35.2 Å². The van der Waals surface area contributed by atoms with Crippen LogP contribution in [0.15, 0.2) is 54.7 Å². The number of para-hydroxylation sites is 2. The first kappa shape index (κ1) is 21.0. The van der Waals surface area contributed by atoms with Crippen molar-refractivity contribution in [3.63, 3.8) is 0 Å². The Morgan fingerprint density at radius 1 is 1.04 bits per heavy atom. The summed E-state index contributed by atoms with van der Waals surface area (Å²) in [6, 6.07) is 16.1. The van der Waals surface area contributed by atoms with Gasteiger partial charge in [-0.3, -0.25) is 4.79 Å². The van der Waals surface area contributed by atoms with Gasteiger partial charge < -0.3 is 15.0 Å². The maximum atomic E-state index is 12.4. The van der Waals surface area contributed by atoms with Crippen LogP contribution < -0.4 is 10.1 Å². The van der Waals surface area contributed by atoms with Crippen molar-refractivity contribution in [2.45, 2.75) is 25.7 Å². The smallest absolute Gasteiger partial charge is 0.165 e. The molecule has 1 heterocycles. The van der Waals surface area contributed by atoms with E-state index in [0.717, 1.165) is 54.6 Å². The molecule has 0 aliphatic carbocycles. The molecular weight excluding hydrogens is 360 g/mol. The number of halogens is 1. The summed E-state index contributed by atoms with van der Waals surface area (Å²) >= 11 is 0. The molecule has 4 nitrogen and oxygen atoms in total. The molecule has 1 aromatic heterocycles. The molecule has 0 unspecified atom stereocenters. The van der Waals surface area contributed by atoms with Crippen molar-refractivity contribution in [3.8, 4) is 5.75 Å². The van der Waals surface area contributed by atoms with Gasteiger partial charge in [0.2, 0.25) is 0 Å². The lowest BCUT2D eigenvalue weighted by Crippen LogP contribution is -2.19. The lowest BCUT2D eigenvalue weighted by Gasteiger charge is -2.09. The summed E-state index contributed by atoms with van der Waals surface area (Å²) in [5, 5.41) is 4.47. The fourth-order valence-corrected chi connectivity index (χ4v) is 3.23. The van der Waals surface area contributed by atoms with Gasteiger partial charge >= 0.3 is 0 Å². The molecule has 0 aliphatic heterocycles. The predicted molar refractivity (Wildman–Crippen MR) is 113 cm³/mol. The van der Waals surface area contributed by atoms with Crippen molar-refractivity contribution in [3.05, 3.63) is 65.9 Å². The second kappa shape index (κ2) is 10.8. The number of hydrogen-bond acceptors (Lipinski definition) is 3. The van der Waals surface area contributed by atoms with Gasteiger partial charge in [0.05, 0.1) is 7.11 Å². The number of fused-ring (bicyclic) bond motifs is 1. The van der Waals surface area contributed by atoms with Crippen LogP contribution in [0.3, 0.4) is 0 Å². The molecule has 0 amide bonds. The number of rotatable bonds is 10. The first-order valence-electron chi connectivity index (χ1n) is 9.21. The number of carbonyl (C=O) groups is 1. The molecular formula is C22H27ClN2O2. The number of H-pyrrole nitrogens is 1. The fraction of sp³-hybridized carbons (Fsp3) is 0.318. The zero-order chi connectivity index (χ0) is 18.2. The van der Waals surface area contributed by atoms with Crippen LogP contribution in [0.25, 0.3) is 10.9 Å². The number of nitrogens with one attached hydrogen (secondary N) is 2. The molecule has 3 rings (SSSR count). The van der Waals surface area contributed by atoms with Crippen molar-refractivity contribution >= 4 is 29.1 Å². The maximum absolute atomic E-state index is 12.4. The highest BCUT2D eigenvalue weighted by atomic mass is 35.5. The molecule has 0 saturated heterocycles. The SMILES string of the molecule is COc1ccccc1CCNCCCCC(=O)c1c[nH]c2ccccc12.Cl. The van der Waals surface area contributed by atoms with Crippen LogP contribution in [0.4, 0.5) is 0 Å². The lowest BCUT2D eigenvalue weighted by molar-refractivity contribution is 0.0981. The Hall–Kier alpha value is -2.30. The normalized spacial score (nSPS) is 10.6. The number of ether oxygens (including phenoxy) is 1. The number of aromatic nitrogens is 1. The van der Waals surface area contributed by atoms with Crippen LogP contribution in [-0.4, -0.2) is 31.0 Å². The Morgan fingerprint density at radius 3 is 2.67 bits per heavy atom. The second-order valence-corrected chi connectivity index (χ2v) is 6.44. The Morgan fingerprint density at radius 2 is 1.81 bits per heavy atom. The van der Waals surface area contributed by atoms with E-state index in [0.29, 0.717) is 6.42 Å². The summed E-state index contributed by atoms with van der Waals surface area (Å²) in [6.45, 7) is 1.84. The van der Waals surface area contributed by atoms with E-state index in [4.69, 9.17) is 4.74 Å². The molecule has 2 N–H and O–H groups in total. The molecule has 0 aliphatic rings. The van der Waals surface area contributed by atoms with Gasteiger partial charge in [-0.1, -0.05) is 36.4 Å². The average Bonchev–Trinajstić information content (AvgIpc) is 3.11. The Balaban J connectivity index is 0.00000261. The Labute approximate surface area is 166 Å². The molecule has 0 bridgehead atoms. The summed E-state index contributed by atoms with van der Waals surface area (Å²) in [5.74, 6) is 1.16. The van der Waals surface area contributed by atoms with Gasteiger partial charge in [-0.15, -0.1) is 12.4 Å². The number of unbranched alkanes of at least 4 members (excludes halogenated alkanes) is 1. The molecule has 144 valence electrons. The minimum Gasteiger partial charge on any atom is -0.496 e. The lowest BCUT2D eigenvalue weighted by atomic mass is 10.0. The highest BCUT2D eigenvalue weighted by molar-refractivity contribution is 6.07. The highest BCUT2D eigenvalue weighted by Gasteiger charge is 2.11. The highest BCUT2D eigenvalue weighted by Crippen LogP contribution is 2.20. The van der Waals surface area contributed by atoms with Gasteiger partial charge in [-0.25, -0.2) is 0 Å². The molecule has 0 saturated carbocycles. The minimum absolute atomic E-state index is 0. The van der Waals surface area contributed by atoms with Crippen LogP contribution in [0.2, 0.25) is 0 Å². The Kier molecular flexibility index (Phi) is 8.37. The van der Waals surface area contributed by atoms with Gasteiger partial charge in [0.1, 0.15) is 5.75 Å². The maximum Gasteiger partial charge on any atom is 0.165 e. The van der Waals surface area contributed by atoms with Crippen molar-refractivity contribution in [1.82, 2.24) is 10.3 Å². The first-order chi connectivity index (χ1) is 12.8. The van der Waals surface area contributed by atoms with Crippen molar-refractivity contribution in [2.24, 2.45) is 0 Å². The third-order valence-corrected chi connectivity index (χ3v) is 4.66. The fourth-order valence-electron chi connectivity index (χ4n) is 3.23. The molecule has 0 radical (unpaired) electrons. The first-order valence-corrected chi connectivity index (χ1v) is 9.21. The monoisotopic (exact) mass is 386 g/mol. The van der Waals surface area contributed by atoms with Crippen molar-refractivity contribution in [1.29, 1.82) is 0 Å². The number of methoxy groups -OCH3 is 1. The zero-order valence-corrected chi connectivity index (χ0v) is 16.5. The summed E-state index contributed by atoms with van der Waals surface area (Å²) in [6.07, 6.45) is 5.27. The van der Waals surface area contributed by atoms with Crippen LogP contribution >= 0.6 is 12.4 Å². The largest absolute Gasteiger partial charge is 0.496 e. The minimum atomic E-state index is 0. The quantitative estimate of drug-likeness (QED) is 0.389. The van der Waals surface area contributed by atoms with Crippen LogP contribution in [0, 0.1) is 0 Å². The van der Waals surface area contributed by atoms with Crippen LogP contribution in [0.5, 0.6) is 5.75 Å². The van der Waals surface area contributed by atoms with Crippen LogP contribution in [-0.2, 0) is 6.42 Å². The third kappa shape index (κ3) is 5.59. The predicted octanol–water partition coefficient (Wildman–Crippen LogP) is 4.78. The van der Waals surface area contributed by atoms with E-state index in [2.05, 4.69) is 16.4 Å². The van der Waals surface area contributed by atoms with E-state index in [9.17, 15) is 4.79 Å². The van der Waals surface area contributed by atoms with Gasteiger partial charge in [0.25, 0.3) is 0 Å². The van der Waals surface area contributed by atoms with E-state index in [1.165, 1.54) is 5.56 Å². The number of ketones is 1. The summed E-state index contributed by atoms with van der Waals surface area (Å²) in [7, 11) is 1.71. The molecule has 5 heteroatoms. The molecule has 0 atom stereocenters. The van der Waals surface area contributed by atoms with Crippen molar-refractivity contribution < 1.29 is 9.53 Å². The molecule has 2 aromatic carbocycles. The molecule has 27 heavy (non-hydrogen) atoms. The zero-order valence-electron chi connectivity index (χ0n) is 15.7. The molecule has 0 spiro atoms. The van der Waals surface area contributed by atoms with Crippen molar-refractivity contribution in [2.75, 3.05) is 20.2 Å². The summed E-state index contributed by atoms with van der Waals surface area (Å²) in [4.78, 5) is 15.6. The number of Topliss-reactive ketones (excluding diaryl/α,β-unsaturated/α-hetero) is 1. The molecule has 0 fully saturated rings. The van der Waals surface area contributed by atoms with E-state index < -0.39 is 0 Å². The summed E-state index contributed by atoms with van der Waals surface area (Å²) < 4.78 is 5.37. The van der Waals surface area contributed by atoms with Gasteiger partial charge in [0.15, 0.2) is 5.78 Å². The van der Waals surface area contributed by atoms with Gasteiger partial charge in [-0.05, 0) is 50.0 Å². The van der Waals surface area contributed by atoms with E-state index in [1.54, 1.807) is 7.11 Å². The van der Waals surface area contributed by atoms with Gasteiger partial charge in [0, 0.05) is 29.1 Å². The summed E-state index contributed by atoms with van der Waals surface area (Å²) in [5.41, 5.74) is 3.05. The average molecular weight is 387 g/mol.